The average molecular weight is 473 g/mol. The second-order valence-electron chi connectivity index (χ2n) is 7.37. The summed E-state index contributed by atoms with van der Waals surface area (Å²) in [6, 6.07) is 19.4. The van der Waals surface area contributed by atoms with Crippen LogP contribution in [-0.2, 0) is 16.6 Å². The number of hydrogen-bond acceptors (Lipinski definition) is 4. The van der Waals surface area contributed by atoms with Crippen molar-refractivity contribution in [1.29, 1.82) is 0 Å². The van der Waals surface area contributed by atoms with E-state index in [9.17, 15) is 13.2 Å². The van der Waals surface area contributed by atoms with E-state index < -0.39 is 10.0 Å². The lowest BCUT2D eigenvalue weighted by molar-refractivity contribution is 0.566. The van der Waals surface area contributed by atoms with E-state index in [1.807, 2.05) is 56.3 Å². The predicted octanol–water partition coefficient (Wildman–Crippen LogP) is 5.11. The molecule has 0 spiro atoms. The fourth-order valence-corrected chi connectivity index (χ4v) is 6.05. The molecule has 0 saturated carbocycles. The maximum Gasteiger partial charge on any atom is 0.308 e. The number of hydrogen-bond donors (Lipinski definition) is 1. The summed E-state index contributed by atoms with van der Waals surface area (Å²) in [5, 5.41) is 0.586. The zero-order valence-corrected chi connectivity index (χ0v) is 19.4. The van der Waals surface area contributed by atoms with Crippen molar-refractivity contribution in [3.05, 3.63) is 98.1 Å². The Morgan fingerprint density at radius 2 is 1.77 bits per heavy atom. The second kappa shape index (κ2) is 8.59. The Morgan fingerprint density at radius 1 is 1.06 bits per heavy atom. The van der Waals surface area contributed by atoms with Gasteiger partial charge in [-0.3, -0.25) is 9.36 Å². The zero-order valence-electron chi connectivity index (χ0n) is 17.0. The van der Waals surface area contributed by atoms with Crippen molar-refractivity contribution in [2.24, 2.45) is 0 Å². The SMILES string of the molecule is Cc1ccccc1[C@@H](C)NS(=O)(=O)c1ccc2c(c1)sc(=O)n2Cc1ccccc1Cl. The van der Waals surface area contributed by atoms with Crippen molar-refractivity contribution in [2.75, 3.05) is 0 Å². The largest absolute Gasteiger partial charge is 0.308 e. The summed E-state index contributed by atoms with van der Waals surface area (Å²) in [6.07, 6.45) is 0. The lowest BCUT2D eigenvalue weighted by Crippen LogP contribution is -2.27. The van der Waals surface area contributed by atoms with Gasteiger partial charge >= 0.3 is 4.87 Å². The number of aromatic nitrogens is 1. The molecule has 0 aliphatic carbocycles. The normalized spacial score (nSPS) is 12.9. The van der Waals surface area contributed by atoms with Crippen molar-refractivity contribution < 1.29 is 8.42 Å². The summed E-state index contributed by atoms with van der Waals surface area (Å²) in [5.74, 6) is 0. The molecule has 4 rings (SSSR count). The molecule has 0 fully saturated rings. The van der Waals surface area contributed by atoms with Gasteiger partial charge < -0.3 is 0 Å². The lowest BCUT2D eigenvalue weighted by Gasteiger charge is -2.17. The van der Waals surface area contributed by atoms with Crippen LogP contribution in [0.4, 0.5) is 0 Å². The van der Waals surface area contributed by atoms with E-state index in [1.165, 1.54) is 6.07 Å². The molecule has 0 bridgehead atoms. The minimum Gasteiger partial charge on any atom is -0.294 e. The summed E-state index contributed by atoms with van der Waals surface area (Å²) >= 11 is 7.26. The first-order valence-electron chi connectivity index (χ1n) is 9.71. The number of nitrogens with zero attached hydrogens (tertiary/aromatic N) is 1. The van der Waals surface area contributed by atoms with Crippen LogP contribution in [0, 0.1) is 6.92 Å². The monoisotopic (exact) mass is 472 g/mol. The highest BCUT2D eigenvalue weighted by atomic mass is 35.5. The van der Waals surface area contributed by atoms with Crippen LogP contribution in [0.5, 0.6) is 0 Å². The molecule has 0 radical (unpaired) electrons. The van der Waals surface area contributed by atoms with Crippen molar-refractivity contribution in [2.45, 2.75) is 31.3 Å². The maximum absolute atomic E-state index is 13.0. The highest BCUT2D eigenvalue weighted by Crippen LogP contribution is 2.25. The molecule has 4 aromatic rings. The van der Waals surface area contributed by atoms with Crippen LogP contribution in [-0.4, -0.2) is 13.0 Å². The average Bonchev–Trinajstić information content (AvgIpc) is 3.04. The summed E-state index contributed by atoms with van der Waals surface area (Å²) in [7, 11) is -3.76. The maximum atomic E-state index is 13.0. The van der Waals surface area contributed by atoms with E-state index in [1.54, 1.807) is 22.8 Å². The van der Waals surface area contributed by atoms with E-state index in [2.05, 4.69) is 4.72 Å². The summed E-state index contributed by atoms with van der Waals surface area (Å²) in [4.78, 5) is 12.6. The van der Waals surface area contributed by atoms with Crippen LogP contribution in [0.3, 0.4) is 0 Å². The fourth-order valence-electron chi connectivity index (χ4n) is 3.60. The van der Waals surface area contributed by atoms with Crippen molar-refractivity contribution in [1.82, 2.24) is 9.29 Å². The van der Waals surface area contributed by atoms with Crippen molar-refractivity contribution in [3.63, 3.8) is 0 Å². The van der Waals surface area contributed by atoms with Gasteiger partial charge in [0.05, 0.1) is 21.7 Å². The lowest BCUT2D eigenvalue weighted by atomic mass is 10.0. The molecule has 1 heterocycles. The molecule has 31 heavy (non-hydrogen) atoms. The van der Waals surface area contributed by atoms with Gasteiger partial charge in [0.1, 0.15) is 0 Å². The number of thiazole rings is 1. The molecule has 0 amide bonds. The highest BCUT2D eigenvalue weighted by Gasteiger charge is 2.21. The van der Waals surface area contributed by atoms with E-state index in [0.29, 0.717) is 21.8 Å². The molecule has 1 aromatic heterocycles. The highest BCUT2D eigenvalue weighted by molar-refractivity contribution is 7.89. The third-order valence-electron chi connectivity index (χ3n) is 5.22. The molecular weight excluding hydrogens is 452 g/mol. The molecule has 160 valence electrons. The summed E-state index contributed by atoms with van der Waals surface area (Å²) in [6.45, 7) is 4.09. The van der Waals surface area contributed by atoms with E-state index >= 15 is 0 Å². The predicted molar refractivity (Wildman–Crippen MR) is 127 cm³/mol. The first-order chi connectivity index (χ1) is 14.8. The van der Waals surface area contributed by atoms with E-state index in [4.69, 9.17) is 11.6 Å². The number of sulfonamides is 1. The Balaban J connectivity index is 1.66. The minimum absolute atomic E-state index is 0.131. The Bertz CT molecular complexity index is 1420. The Labute approximate surface area is 190 Å². The molecule has 1 atom stereocenters. The van der Waals surface area contributed by atoms with E-state index in [0.717, 1.165) is 28.0 Å². The number of nitrogens with one attached hydrogen (secondary N) is 1. The number of benzene rings is 3. The van der Waals surface area contributed by atoms with E-state index in [-0.39, 0.29) is 15.8 Å². The van der Waals surface area contributed by atoms with Crippen LogP contribution in [0.25, 0.3) is 10.2 Å². The van der Waals surface area contributed by atoms with Gasteiger partial charge in [-0.05, 0) is 54.8 Å². The van der Waals surface area contributed by atoms with Crippen LogP contribution < -0.4 is 9.60 Å². The number of aryl methyl sites for hydroxylation is 1. The molecule has 0 aliphatic heterocycles. The third kappa shape index (κ3) is 4.45. The Kier molecular flexibility index (Phi) is 6.03. The first kappa shape index (κ1) is 21.8. The molecule has 5 nitrogen and oxygen atoms in total. The smallest absolute Gasteiger partial charge is 0.294 e. The molecule has 0 unspecified atom stereocenters. The van der Waals surface area contributed by atoms with Crippen LogP contribution in [0.1, 0.15) is 29.7 Å². The van der Waals surface area contributed by atoms with Crippen LogP contribution >= 0.6 is 22.9 Å². The summed E-state index contributed by atoms with van der Waals surface area (Å²) < 4.78 is 30.9. The summed E-state index contributed by atoms with van der Waals surface area (Å²) in [5.41, 5.74) is 3.45. The molecule has 1 N–H and O–H groups in total. The molecule has 3 aromatic carbocycles. The van der Waals surface area contributed by atoms with Crippen LogP contribution in [0.15, 0.2) is 76.4 Å². The second-order valence-corrected chi connectivity index (χ2v) is 10.5. The van der Waals surface area contributed by atoms with Gasteiger partial charge in [0.25, 0.3) is 0 Å². The quantitative estimate of drug-likeness (QED) is 0.424. The van der Waals surface area contributed by atoms with Crippen molar-refractivity contribution >= 4 is 43.2 Å². The third-order valence-corrected chi connectivity index (χ3v) is 8.07. The topological polar surface area (TPSA) is 68.2 Å². The van der Waals surface area contributed by atoms with Gasteiger partial charge in [-0.2, -0.15) is 0 Å². The van der Waals surface area contributed by atoms with Gasteiger partial charge in [-0.15, -0.1) is 0 Å². The Morgan fingerprint density at radius 3 is 2.52 bits per heavy atom. The van der Waals surface area contributed by atoms with Gasteiger partial charge in [0.15, 0.2) is 0 Å². The number of fused-ring (bicyclic) bond motifs is 1. The molecule has 8 heteroatoms. The number of halogens is 1. The van der Waals surface area contributed by atoms with Crippen LogP contribution in [0.2, 0.25) is 5.02 Å². The van der Waals surface area contributed by atoms with Gasteiger partial charge in [0, 0.05) is 11.1 Å². The standard InChI is InChI=1S/C23H21ClN2O3S2/c1-15-7-3-5-9-19(15)16(2)25-31(28,29)18-11-12-21-22(13-18)30-23(27)26(21)14-17-8-4-6-10-20(17)24/h3-13,16,25H,14H2,1-2H3/t16-/m1/s1. The Hall–Kier alpha value is -2.45. The molecule has 0 saturated heterocycles. The van der Waals surface area contributed by atoms with Gasteiger partial charge in [0.2, 0.25) is 10.0 Å². The molecule has 0 aliphatic rings. The zero-order chi connectivity index (χ0) is 22.2. The fraction of sp³-hybridized carbons (Fsp3) is 0.174. The van der Waals surface area contributed by atoms with Gasteiger partial charge in [-0.1, -0.05) is 65.4 Å². The first-order valence-corrected chi connectivity index (χ1v) is 12.4. The minimum atomic E-state index is -3.76. The molecular formula is C23H21ClN2O3S2. The number of rotatable bonds is 6. The van der Waals surface area contributed by atoms with Gasteiger partial charge in [-0.25, -0.2) is 13.1 Å². The van der Waals surface area contributed by atoms with Crippen molar-refractivity contribution in [3.8, 4) is 0 Å².